The van der Waals surface area contributed by atoms with E-state index in [1.807, 2.05) is 43.9 Å². The van der Waals surface area contributed by atoms with Crippen LogP contribution in [0, 0.1) is 17.2 Å². The van der Waals surface area contributed by atoms with Gasteiger partial charge in [-0.05, 0) is 59.7 Å². The normalized spacial score (nSPS) is 15.8. The van der Waals surface area contributed by atoms with Crippen LogP contribution in [-0.4, -0.2) is 36.4 Å². The van der Waals surface area contributed by atoms with Gasteiger partial charge in [-0.25, -0.2) is 4.39 Å². The smallest absolute Gasteiger partial charge is 0.257 e. The van der Waals surface area contributed by atoms with Crippen LogP contribution in [0.4, 0.5) is 4.39 Å². The predicted molar refractivity (Wildman–Crippen MR) is 128 cm³/mol. The maximum atomic E-state index is 13.6. The number of carbonyl (C=O) groups excluding carboxylic acids is 2. The number of benzene rings is 2. The van der Waals surface area contributed by atoms with Crippen LogP contribution in [0.2, 0.25) is 0 Å². The zero-order chi connectivity index (χ0) is 24.2. The Kier molecular flexibility index (Phi) is 7.77. The van der Waals surface area contributed by atoms with Crippen LogP contribution in [-0.2, 0) is 16.0 Å². The molecule has 1 atom stereocenters. The molecule has 0 radical (unpaired) electrons. The van der Waals surface area contributed by atoms with Crippen LogP contribution < -0.4 is 10.1 Å². The van der Waals surface area contributed by atoms with Crippen molar-refractivity contribution in [2.45, 2.75) is 53.5 Å². The lowest BCUT2D eigenvalue weighted by Crippen LogP contribution is -2.45. The van der Waals surface area contributed by atoms with Crippen molar-refractivity contribution in [1.82, 2.24) is 10.2 Å². The molecule has 1 aliphatic rings. The molecule has 2 amide bonds. The quantitative estimate of drug-likeness (QED) is 0.648. The minimum atomic E-state index is -0.544. The Morgan fingerprint density at radius 2 is 1.85 bits per heavy atom. The maximum Gasteiger partial charge on any atom is 0.257 e. The molecule has 6 heteroatoms. The summed E-state index contributed by atoms with van der Waals surface area (Å²) in [6.45, 7) is 11.1. The minimum absolute atomic E-state index is 0.0401. The Hall–Kier alpha value is -2.89. The van der Waals surface area contributed by atoms with Crippen LogP contribution in [0.15, 0.2) is 42.5 Å². The Balaban J connectivity index is 1.86. The molecule has 0 spiro atoms. The van der Waals surface area contributed by atoms with Gasteiger partial charge in [0.15, 0.2) is 6.61 Å². The fourth-order valence-electron chi connectivity index (χ4n) is 4.04. The molecule has 5 nitrogen and oxygen atoms in total. The molecule has 0 aromatic heterocycles. The van der Waals surface area contributed by atoms with Crippen LogP contribution in [0.25, 0.3) is 0 Å². The molecule has 0 saturated carbocycles. The van der Waals surface area contributed by atoms with Crippen molar-refractivity contribution in [2.75, 3.05) is 19.7 Å². The Labute approximate surface area is 196 Å². The van der Waals surface area contributed by atoms with Gasteiger partial charge in [0.2, 0.25) is 5.91 Å². The van der Waals surface area contributed by atoms with Gasteiger partial charge in [-0.15, -0.1) is 0 Å². The van der Waals surface area contributed by atoms with E-state index in [9.17, 15) is 14.0 Å². The van der Waals surface area contributed by atoms with Gasteiger partial charge in [0.1, 0.15) is 11.6 Å². The van der Waals surface area contributed by atoms with Gasteiger partial charge in [0, 0.05) is 18.5 Å². The number of amides is 2. The molecular formula is C27H35FN2O3. The zero-order valence-corrected chi connectivity index (χ0v) is 20.3. The van der Waals surface area contributed by atoms with Crippen LogP contribution in [0.1, 0.15) is 63.8 Å². The number of fused-ring (bicyclic) bond motifs is 1. The van der Waals surface area contributed by atoms with Crippen molar-refractivity contribution < 1.29 is 18.7 Å². The van der Waals surface area contributed by atoms with E-state index in [0.717, 1.165) is 29.5 Å². The van der Waals surface area contributed by atoms with Crippen molar-refractivity contribution in [3.8, 4) is 5.75 Å². The first kappa shape index (κ1) is 24.7. The average molecular weight is 455 g/mol. The van der Waals surface area contributed by atoms with Gasteiger partial charge in [0.25, 0.3) is 5.91 Å². The molecule has 3 rings (SSSR count). The fourth-order valence-corrected chi connectivity index (χ4v) is 4.04. The Morgan fingerprint density at radius 3 is 2.48 bits per heavy atom. The highest BCUT2D eigenvalue weighted by Crippen LogP contribution is 2.39. The highest BCUT2D eigenvalue weighted by Gasteiger charge is 2.37. The highest BCUT2D eigenvalue weighted by molar-refractivity contribution is 5.83. The van der Waals surface area contributed by atoms with Gasteiger partial charge in [-0.1, -0.05) is 52.8 Å². The standard InChI is InChI=1S/C27H35FN2O3/c1-18(2)12-14-29-24(31)17-33-22-11-8-19-13-15-30(26(32)27(3,4)5)25(23(19)16-22)20-6-9-21(28)10-7-20/h6-11,16,18,25H,12-15,17H2,1-5H3,(H,29,31). The van der Waals surface area contributed by atoms with E-state index in [0.29, 0.717) is 24.8 Å². The first-order chi connectivity index (χ1) is 15.6. The summed E-state index contributed by atoms with van der Waals surface area (Å²) in [5.74, 6) is 0.661. The third-order valence-electron chi connectivity index (χ3n) is 5.85. The molecule has 0 bridgehead atoms. The average Bonchev–Trinajstić information content (AvgIpc) is 2.76. The molecule has 1 N–H and O–H groups in total. The number of halogens is 1. The van der Waals surface area contributed by atoms with Crippen LogP contribution >= 0.6 is 0 Å². The predicted octanol–water partition coefficient (Wildman–Crippen LogP) is 4.89. The summed E-state index contributed by atoms with van der Waals surface area (Å²) >= 11 is 0. The first-order valence-electron chi connectivity index (χ1n) is 11.6. The van der Waals surface area contributed by atoms with Crippen LogP contribution in [0.5, 0.6) is 5.75 Å². The van der Waals surface area contributed by atoms with Crippen molar-refractivity contribution in [3.05, 3.63) is 65.0 Å². The van der Waals surface area contributed by atoms with E-state index in [1.165, 1.54) is 12.1 Å². The van der Waals surface area contributed by atoms with Crippen molar-refractivity contribution in [2.24, 2.45) is 11.3 Å². The number of rotatable bonds is 7. The van der Waals surface area contributed by atoms with E-state index in [1.54, 1.807) is 12.1 Å². The summed E-state index contributed by atoms with van der Waals surface area (Å²) in [5, 5.41) is 2.87. The third-order valence-corrected chi connectivity index (χ3v) is 5.85. The molecule has 33 heavy (non-hydrogen) atoms. The van der Waals surface area contributed by atoms with Crippen LogP contribution in [0.3, 0.4) is 0 Å². The lowest BCUT2D eigenvalue weighted by molar-refractivity contribution is -0.141. The molecule has 1 heterocycles. The molecule has 0 saturated heterocycles. The molecule has 1 aliphatic heterocycles. The summed E-state index contributed by atoms with van der Waals surface area (Å²) in [6.07, 6.45) is 1.65. The fraction of sp³-hybridized carbons (Fsp3) is 0.481. The Bertz CT molecular complexity index is 980. The Morgan fingerprint density at radius 1 is 1.15 bits per heavy atom. The van der Waals surface area contributed by atoms with E-state index in [4.69, 9.17) is 4.74 Å². The molecule has 1 unspecified atom stereocenters. The summed E-state index contributed by atoms with van der Waals surface area (Å²) in [4.78, 5) is 27.3. The lowest BCUT2D eigenvalue weighted by atomic mass is 9.85. The number of hydrogen-bond donors (Lipinski definition) is 1. The molecule has 178 valence electrons. The molecule has 2 aromatic rings. The van der Waals surface area contributed by atoms with Gasteiger partial charge >= 0.3 is 0 Å². The van der Waals surface area contributed by atoms with Crippen molar-refractivity contribution in [3.63, 3.8) is 0 Å². The summed E-state index contributed by atoms with van der Waals surface area (Å²) in [6, 6.07) is 11.7. The van der Waals surface area contributed by atoms with Crippen molar-refractivity contribution in [1.29, 1.82) is 0 Å². The molecule has 0 fully saturated rings. The SMILES string of the molecule is CC(C)CCNC(=O)COc1ccc2c(c1)C(c1ccc(F)cc1)N(C(=O)C(C)(C)C)CC2. The second-order valence-corrected chi connectivity index (χ2v) is 10.1. The second kappa shape index (κ2) is 10.4. The van der Waals surface area contributed by atoms with Crippen molar-refractivity contribution >= 4 is 11.8 Å². The number of nitrogens with zero attached hydrogens (tertiary/aromatic N) is 1. The highest BCUT2D eigenvalue weighted by atomic mass is 19.1. The third kappa shape index (κ3) is 6.34. The van der Waals surface area contributed by atoms with E-state index in [2.05, 4.69) is 19.2 Å². The van der Waals surface area contributed by atoms with E-state index >= 15 is 0 Å². The maximum absolute atomic E-state index is 13.6. The summed E-state index contributed by atoms with van der Waals surface area (Å²) < 4.78 is 19.4. The largest absolute Gasteiger partial charge is 0.484 e. The van der Waals surface area contributed by atoms with Gasteiger partial charge in [-0.3, -0.25) is 9.59 Å². The number of ether oxygens (including phenoxy) is 1. The monoisotopic (exact) mass is 454 g/mol. The zero-order valence-electron chi connectivity index (χ0n) is 20.3. The number of carbonyl (C=O) groups is 2. The molecule has 0 aliphatic carbocycles. The molecular weight excluding hydrogens is 419 g/mol. The lowest BCUT2D eigenvalue weighted by Gasteiger charge is -2.41. The van der Waals surface area contributed by atoms with E-state index < -0.39 is 5.41 Å². The number of nitrogens with one attached hydrogen (secondary N) is 1. The number of hydrogen-bond acceptors (Lipinski definition) is 3. The van der Waals surface area contributed by atoms with Gasteiger partial charge in [-0.2, -0.15) is 0 Å². The summed E-state index contributed by atoms with van der Waals surface area (Å²) in [7, 11) is 0. The van der Waals surface area contributed by atoms with Gasteiger partial charge < -0.3 is 15.0 Å². The molecule has 2 aromatic carbocycles. The summed E-state index contributed by atoms with van der Waals surface area (Å²) in [5.41, 5.74) is 2.37. The van der Waals surface area contributed by atoms with E-state index in [-0.39, 0.29) is 30.3 Å². The van der Waals surface area contributed by atoms with Gasteiger partial charge in [0.05, 0.1) is 6.04 Å². The topological polar surface area (TPSA) is 58.6 Å². The minimum Gasteiger partial charge on any atom is -0.484 e. The first-order valence-corrected chi connectivity index (χ1v) is 11.6. The second-order valence-electron chi connectivity index (χ2n) is 10.1.